The van der Waals surface area contributed by atoms with Crippen LogP contribution in [-0.4, -0.2) is 51.7 Å². The number of rotatable bonds is 6. The largest absolute Gasteiger partial charge is 0.381 e. The Morgan fingerprint density at radius 1 is 1.33 bits per heavy atom. The summed E-state index contributed by atoms with van der Waals surface area (Å²) >= 11 is 0. The Morgan fingerprint density at radius 3 is 2.88 bits per heavy atom. The zero-order chi connectivity index (χ0) is 17.0. The molecule has 0 N–H and O–H groups in total. The summed E-state index contributed by atoms with van der Waals surface area (Å²) in [5.41, 5.74) is 0.634. The Labute approximate surface area is 145 Å². The fraction of sp³-hybridized carbons (Fsp3) is 0.667. The van der Waals surface area contributed by atoms with E-state index in [9.17, 15) is 8.42 Å². The van der Waals surface area contributed by atoms with Gasteiger partial charge in [0.25, 0.3) is 0 Å². The lowest BCUT2D eigenvalue weighted by Crippen LogP contribution is -2.58. The second-order valence-electron chi connectivity index (χ2n) is 6.83. The van der Waals surface area contributed by atoms with E-state index in [1.165, 1.54) is 0 Å². The topological polar surface area (TPSA) is 55.8 Å². The van der Waals surface area contributed by atoms with Crippen LogP contribution in [0, 0.1) is 5.41 Å². The molecule has 134 valence electrons. The van der Waals surface area contributed by atoms with Crippen molar-refractivity contribution >= 4 is 10.0 Å². The number of sulfonamides is 1. The SMILES string of the molecule is CCOCC12CCCOC1CCN(S(=O)(=O)Cc1ccccc1)C2. The van der Waals surface area contributed by atoms with Crippen molar-refractivity contribution in [2.75, 3.05) is 32.9 Å². The average Bonchev–Trinajstić information content (AvgIpc) is 2.60. The lowest BCUT2D eigenvalue weighted by atomic mass is 9.73. The third-order valence-corrected chi connectivity index (χ3v) is 6.93. The molecule has 2 heterocycles. The van der Waals surface area contributed by atoms with Crippen LogP contribution >= 0.6 is 0 Å². The summed E-state index contributed by atoms with van der Waals surface area (Å²) < 4.78 is 39.1. The molecule has 0 aromatic heterocycles. The van der Waals surface area contributed by atoms with Crippen LogP contribution in [0.3, 0.4) is 0 Å². The molecule has 2 unspecified atom stereocenters. The summed E-state index contributed by atoms with van der Waals surface area (Å²) in [5, 5.41) is 0. The number of fused-ring (bicyclic) bond motifs is 1. The van der Waals surface area contributed by atoms with Crippen molar-refractivity contribution in [3.63, 3.8) is 0 Å². The summed E-state index contributed by atoms with van der Waals surface area (Å²) in [5.74, 6) is 0.0596. The number of benzene rings is 1. The van der Waals surface area contributed by atoms with Crippen molar-refractivity contribution in [2.45, 2.75) is 38.0 Å². The van der Waals surface area contributed by atoms with Gasteiger partial charge in [-0.15, -0.1) is 0 Å². The standard InChI is InChI=1S/C18H27NO4S/c1-2-22-15-18-10-6-12-23-17(18)9-11-19(14-18)24(20,21)13-16-7-4-3-5-8-16/h3-5,7-8,17H,2,6,9-15H2,1H3. The molecule has 2 aliphatic heterocycles. The van der Waals surface area contributed by atoms with E-state index in [0.717, 1.165) is 31.4 Å². The Morgan fingerprint density at radius 2 is 2.12 bits per heavy atom. The van der Waals surface area contributed by atoms with Gasteiger partial charge in [0.05, 0.1) is 18.5 Å². The third kappa shape index (κ3) is 3.82. The first-order chi connectivity index (χ1) is 11.6. The van der Waals surface area contributed by atoms with E-state index in [1.807, 2.05) is 37.3 Å². The molecule has 6 heteroatoms. The first-order valence-corrected chi connectivity index (χ1v) is 10.4. The maximum Gasteiger partial charge on any atom is 0.218 e. The van der Waals surface area contributed by atoms with Gasteiger partial charge in [0.1, 0.15) is 0 Å². The van der Waals surface area contributed by atoms with Gasteiger partial charge in [-0.05, 0) is 31.7 Å². The van der Waals surface area contributed by atoms with Crippen molar-refractivity contribution in [1.29, 1.82) is 0 Å². The molecule has 1 aromatic rings. The first kappa shape index (κ1) is 17.9. The maximum atomic E-state index is 12.9. The number of hydrogen-bond donors (Lipinski definition) is 0. The smallest absolute Gasteiger partial charge is 0.218 e. The highest BCUT2D eigenvalue weighted by atomic mass is 32.2. The van der Waals surface area contributed by atoms with E-state index in [4.69, 9.17) is 9.47 Å². The van der Waals surface area contributed by atoms with Gasteiger partial charge in [-0.3, -0.25) is 0 Å². The van der Waals surface area contributed by atoms with Crippen LogP contribution in [-0.2, 0) is 25.2 Å². The predicted molar refractivity (Wildman–Crippen MR) is 93.2 cm³/mol. The highest BCUT2D eigenvalue weighted by Crippen LogP contribution is 2.41. The molecule has 2 atom stereocenters. The van der Waals surface area contributed by atoms with Crippen LogP contribution in [0.5, 0.6) is 0 Å². The van der Waals surface area contributed by atoms with E-state index < -0.39 is 10.0 Å². The summed E-state index contributed by atoms with van der Waals surface area (Å²) in [4.78, 5) is 0. The summed E-state index contributed by atoms with van der Waals surface area (Å²) in [6.07, 6.45) is 2.80. The van der Waals surface area contributed by atoms with E-state index in [2.05, 4.69) is 0 Å². The van der Waals surface area contributed by atoms with Crippen LogP contribution in [0.25, 0.3) is 0 Å². The van der Waals surface area contributed by atoms with Crippen LogP contribution < -0.4 is 0 Å². The molecule has 0 amide bonds. The van der Waals surface area contributed by atoms with Crippen LogP contribution in [0.15, 0.2) is 30.3 Å². The van der Waals surface area contributed by atoms with Gasteiger partial charge in [0.2, 0.25) is 10.0 Å². The van der Waals surface area contributed by atoms with Crippen molar-refractivity contribution in [1.82, 2.24) is 4.31 Å². The molecule has 2 aliphatic rings. The second kappa shape index (κ2) is 7.52. The molecule has 3 rings (SSSR count). The predicted octanol–water partition coefficient (Wildman–Crippen LogP) is 2.42. The molecule has 24 heavy (non-hydrogen) atoms. The molecule has 2 saturated heterocycles. The Bertz CT molecular complexity index is 634. The van der Waals surface area contributed by atoms with Gasteiger partial charge in [-0.2, -0.15) is 0 Å². The number of nitrogens with zero attached hydrogens (tertiary/aromatic N) is 1. The highest BCUT2D eigenvalue weighted by Gasteiger charge is 2.48. The Kier molecular flexibility index (Phi) is 5.59. The molecule has 5 nitrogen and oxygen atoms in total. The minimum atomic E-state index is -3.33. The zero-order valence-electron chi connectivity index (χ0n) is 14.3. The van der Waals surface area contributed by atoms with Crippen LogP contribution in [0.2, 0.25) is 0 Å². The quantitative estimate of drug-likeness (QED) is 0.788. The van der Waals surface area contributed by atoms with Gasteiger partial charge < -0.3 is 9.47 Å². The summed E-state index contributed by atoms with van der Waals surface area (Å²) in [6.45, 7) is 5.01. The molecule has 0 spiro atoms. The van der Waals surface area contributed by atoms with Crippen molar-refractivity contribution in [3.05, 3.63) is 35.9 Å². The maximum absolute atomic E-state index is 12.9. The average molecular weight is 353 g/mol. The summed E-state index contributed by atoms with van der Waals surface area (Å²) in [7, 11) is -3.33. The Hall–Kier alpha value is -0.950. The third-order valence-electron chi connectivity index (χ3n) is 5.13. The highest BCUT2D eigenvalue weighted by molar-refractivity contribution is 7.88. The van der Waals surface area contributed by atoms with Gasteiger partial charge in [0, 0.05) is 31.7 Å². The lowest BCUT2D eigenvalue weighted by molar-refractivity contribution is -0.141. The molecule has 0 bridgehead atoms. The van der Waals surface area contributed by atoms with Crippen LogP contribution in [0.4, 0.5) is 0 Å². The van der Waals surface area contributed by atoms with Gasteiger partial charge in [0.15, 0.2) is 0 Å². The van der Waals surface area contributed by atoms with E-state index >= 15 is 0 Å². The van der Waals surface area contributed by atoms with Gasteiger partial charge in [-0.1, -0.05) is 30.3 Å². The second-order valence-corrected chi connectivity index (χ2v) is 8.80. The molecular formula is C18H27NO4S. The van der Waals surface area contributed by atoms with Gasteiger partial charge >= 0.3 is 0 Å². The Balaban J connectivity index is 1.76. The number of piperidine rings is 1. The number of hydrogen-bond acceptors (Lipinski definition) is 4. The van der Waals surface area contributed by atoms with Crippen molar-refractivity contribution < 1.29 is 17.9 Å². The first-order valence-electron chi connectivity index (χ1n) is 8.77. The molecule has 2 fully saturated rings. The monoisotopic (exact) mass is 353 g/mol. The van der Waals surface area contributed by atoms with E-state index in [-0.39, 0.29) is 17.3 Å². The molecular weight excluding hydrogens is 326 g/mol. The normalized spacial score (nSPS) is 28.5. The summed E-state index contributed by atoms with van der Waals surface area (Å²) in [6, 6.07) is 9.39. The minimum Gasteiger partial charge on any atom is -0.381 e. The van der Waals surface area contributed by atoms with E-state index in [0.29, 0.717) is 26.3 Å². The van der Waals surface area contributed by atoms with Crippen LogP contribution in [0.1, 0.15) is 31.7 Å². The van der Waals surface area contributed by atoms with E-state index in [1.54, 1.807) is 4.31 Å². The minimum absolute atomic E-state index is 0.0596. The van der Waals surface area contributed by atoms with Crippen molar-refractivity contribution in [2.24, 2.45) is 5.41 Å². The fourth-order valence-corrected chi connectivity index (χ4v) is 5.51. The number of ether oxygens (including phenoxy) is 2. The van der Waals surface area contributed by atoms with Gasteiger partial charge in [-0.25, -0.2) is 12.7 Å². The lowest BCUT2D eigenvalue weighted by Gasteiger charge is -2.49. The molecule has 1 aromatic carbocycles. The molecule has 0 radical (unpaired) electrons. The zero-order valence-corrected chi connectivity index (χ0v) is 15.1. The fourth-order valence-electron chi connectivity index (χ4n) is 3.88. The van der Waals surface area contributed by atoms with Crippen molar-refractivity contribution in [3.8, 4) is 0 Å². The molecule has 0 aliphatic carbocycles. The molecule has 0 saturated carbocycles.